The molecule has 1 saturated heterocycles. The van der Waals surface area contributed by atoms with Crippen molar-refractivity contribution in [1.82, 2.24) is 5.32 Å². The minimum absolute atomic E-state index is 0.107. The molecule has 4 heteroatoms. The van der Waals surface area contributed by atoms with E-state index in [9.17, 15) is 4.79 Å². The molecule has 0 radical (unpaired) electrons. The molecule has 1 unspecified atom stereocenters. The van der Waals surface area contributed by atoms with Crippen LogP contribution in [0.15, 0.2) is 0 Å². The smallest absolute Gasteiger partial charge is 0.220 e. The summed E-state index contributed by atoms with van der Waals surface area (Å²) < 4.78 is 5.21. The van der Waals surface area contributed by atoms with Gasteiger partial charge in [-0.2, -0.15) is 0 Å². The number of hydrogen-bond donors (Lipinski definition) is 2. The van der Waals surface area contributed by atoms with Crippen LogP contribution in [0.1, 0.15) is 32.6 Å². The number of hydrogen-bond acceptors (Lipinski definition) is 3. The molecular formula is C10H20N2O2. The number of rotatable bonds is 4. The first-order valence-electron chi connectivity index (χ1n) is 5.31. The Hall–Kier alpha value is -0.610. The van der Waals surface area contributed by atoms with Gasteiger partial charge in [0, 0.05) is 31.7 Å². The molecule has 0 aromatic carbocycles. The van der Waals surface area contributed by atoms with Gasteiger partial charge in [-0.3, -0.25) is 4.79 Å². The molecule has 0 aliphatic carbocycles. The fraction of sp³-hybridized carbons (Fsp3) is 0.900. The first kappa shape index (κ1) is 11.5. The Balaban J connectivity index is 2.12. The molecule has 1 amide bonds. The molecule has 1 heterocycles. The fourth-order valence-corrected chi connectivity index (χ4v) is 1.50. The molecule has 14 heavy (non-hydrogen) atoms. The van der Waals surface area contributed by atoms with Crippen LogP contribution in [0.2, 0.25) is 0 Å². The Morgan fingerprint density at radius 2 is 2.21 bits per heavy atom. The van der Waals surface area contributed by atoms with Crippen LogP contribution < -0.4 is 11.1 Å². The molecule has 0 aromatic heterocycles. The molecule has 4 nitrogen and oxygen atoms in total. The van der Waals surface area contributed by atoms with Crippen molar-refractivity contribution in [3.63, 3.8) is 0 Å². The maximum absolute atomic E-state index is 11.4. The van der Waals surface area contributed by atoms with Crippen molar-refractivity contribution in [2.75, 3.05) is 13.2 Å². The molecule has 1 aliphatic rings. The van der Waals surface area contributed by atoms with Crippen molar-refractivity contribution in [1.29, 1.82) is 0 Å². The maximum Gasteiger partial charge on any atom is 0.220 e. The summed E-state index contributed by atoms with van der Waals surface area (Å²) in [6.07, 6.45) is 3.16. The third-order valence-electron chi connectivity index (χ3n) is 2.41. The van der Waals surface area contributed by atoms with Crippen molar-refractivity contribution < 1.29 is 9.53 Å². The highest BCUT2D eigenvalue weighted by molar-refractivity contribution is 5.76. The van der Waals surface area contributed by atoms with Crippen LogP contribution in [-0.2, 0) is 9.53 Å². The zero-order valence-corrected chi connectivity index (χ0v) is 8.79. The van der Waals surface area contributed by atoms with Gasteiger partial charge in [-0.15, -0.1) is 0 Å². The predicted octanol–water partition coefficient (Wildman–Crippen LogP) is 0.409. The second kappa shape index (κ2) is 5.98. The molecular weight excluding hydrogens is 180 g/mol. The van der Waals surface area contributed by atoms with Gasteiger partial charge in [0.1, 0.15) is 0 Å². The number of carbonyl (C=O) groups excluding carboxylic acids is 1. The average Bonchev–Trinajstić information content (AvgIpc) is 2.16. The van der Waals surface area contributed by atoms with Gasteiger partial charge in [-0.1, -0.05) is 0 Å². The topological polar surface area (TPSA) is 64.4 Å². The molecule has 0 saturated carbocycles. The number of carbonyl (C=O) groups is 1. The van der Waals surface area contributed by atoms with E-state index in [1.54, 1.807) is 0 Å². The molecule has 1 aliphatic heterocycles. The van der Waals surface area contributed by atoms with Gasteiger partial charge in [0.2, 0.25) is 5.91 Å². The summed E-state index contributed by atoms with van der Waals surface area (Å²) in [6.45, 7) is 3.44. The minimum Gasteiger partial charge on any atom is -0.381 e. The van der Waals surface area contributed by atoms with E-state index >= 15 is 0 Å². The van der Waals surface area contributed by atoms with E-state index in [1.165, 1.54) is 0 Å². The Morgan fingerprint density at radius 1 is 1.57 bits per heavy atom. The lowest BCUT2D eigenvalue weighted by Gasteiger charge is -2.23. The van der Waals surface area contributed by atoms with Crippen LogP contribution in [0.25, 0.3) is 0 Å². The first-order valence-corrected chi connectivity index (χ1v) is 5.31. The molecule has 1 fully saturated rings. The van der Waals surface area contributed by atoms with Gasteiger partial charge in [-0.25, -0.2) is 0 Å². The molecule has 1 rings (SSSR count). The van der Waals surface area contributed by atoms with Crippen LogP contribution in [0, 0.1) is 0 Å². The largest absolute Gasteiger partial charge is 0.381 e. The molecule has 1 atom stereocenters. The second-order valence-corrected chi connectivity index (χ2v) is 3.97. The number of ether oxygens (including phenoxy) is 1. The number of nitrogens with one attached hydrogen (secondary N) is 1. The zero-order chi connectivity index (χ0) is 10.4. The van der Waals surface area contributed by atoms with Crippen molar-refractivity contribution in [3.8, 4) is 0 Å². The van der Waals surface area contributed by atoms with Crippen LogP contribution in [0.3, 0.4) is 0 Å². The average molecular weight is 200 g/mol. The highest BCUT2D eigenvalue weighted by atomic mass is 16.5. The highest BCUT2D eigenvalue weighted by Crippen LogP contribution is 2.06. The van der Waals surface area contributed by atoms with Crippen molar-refractivity contribution >= 4 is 5.91 Å². The van der Waals surface area contributed by atoms with E-state index in [4.69, 9.17) is 10.5 Å². The van der Waals surface area contributed by atoms with Crippen molar-refractivity contribution in [2.45, 2.75) is 44.7 Å². The molecule has 0 bridgehead atoms. The molecule has 82 valence electrons. The summed E-state index contributed by atoms with van der Waals surface area (Å²) in [4.78, 5) is 11.4. The second-order valence-electron chi connectivity index (χ2n) is 3.97. The maximum atomic E-state index is 11.4. The van der Waals surface area contributed by atoms with E-state index in [0.29, 0.717) is 12.5 Å². The van der Waals surface area contributed by atoms with Gasteiger partial charge >= 0.3 is 0 Å². The number of amides is 1. The fourth-order valence-electron chi connectivity index (χ4n) is 1.50. The predicted molar refractivity (Wildman–Crippen MR) is 54.9 cm³/mol. The normalized spacial score (nSPS) is 20.4. The van der Waals surface area contributed by atoms with E-state index < -0.39 is 0 Å². The van der Waals surface area contributed by atoms with Crippen LogP contribution in [0.4, 0.5) is 0 Å². The van der Waals surface area contributed by atoms with E-state index in [2.05, 4.69) is 5.32 Å². The van der Waals surface area contributed by atoms with E-state index in [0.717, 1.165) is 32.5 Å². The summed E-state index contributed by atoms with van der Waals surface area (Å²) in [5.41, 5.74) is 5.57. The Labute approximate surface area is 85.2 Å². The standard InChI is InChI=1S/C10H20N2O2/c1-8(11)2-3-10(13)12-9-4-6-14-7-5-9/h8-9H,2-7,11H2,1H3,(H,12,13). The zero-order valence-electron chi connectivity index (χ0n) is 8.79. The van der Waals surface area contributed by atoms with Gasteiger partial charge in [0.05, 0.1) is 0 Å². The minimum atomic E-state index is 0.107. The van der Waals surface area contributed by atoms with E-state index in [-0.39, 0.29) is 11.9 Å². The summed E-state index contributed by atoms with van der Waals surface area (Å²) in [7, 11) is 0. The van der Waals surface area contributed by atoms with Crippen LogP contribution in [0.5, 0.6) is 0 Å². The molecule has 0 spiro atoms. The van der Waals surface area contributed by atoms with Crippen LogP contribution in [-0.4, -0.2) is 31.2 Å². The Bertz CT molecular complexity index is 177. The molecule has 0 aromatic rings. The summed E-state index contributed by atoms with van der Waals surface area (Å²) in [5.74, 6) is 0.120. The quantitative estimate of drug-likeness (QED) is 0.691. The van der Waals surface area contributed by atoms with E-state index in [1.807, 2.05) is 6.92 Å². The summed E-state index contributed by atoms with van der Waals surface area (Å²) in [6, 6.07) is 0.416. The van der Waals surface area contributed by atoms with Gasteiger partial charge < -0.3 is 15.8 Å². The van der Waals surface area contributed by atoms with Crippen molar-refractivity contribution in [2.24, 2.45) is 5.73 Å². The van der Waals surface area contributed by atoms with Crippen LogP contribution >= 0.6 is 0 Å². The van der Waals surface area contributed by atoms with Gasteiger partial charge in [0.15, 0.2) is 0 Å². The lowest BCUT2D eigenvalue weighted by molar-refractivity contribution is -0.122. The van der Waals surface area contributed by atoms with Gasteiger partial charge in [0.25, 0.3) is 0 Å². The third kappa shape index (κ3) is 4.58. The van der Waals surface area contributed by atoms with Crippen molar-refractivity contribution in [3.05, 3.63) is 0 Å². The van der Waals surface area contributed by atoms with Gasteiger partial charge in [-0.05, 0) is 26.2 Å². The number of nitrogens with two attached hydrogens (primary N) is 1. The molecule has 3 N–H and O–H groups in total. The Kier molecular flexibility index (Phi) is 4.90. The highest BCUT2D eigenvalue weighted by Gasteiger charge is 2.15. The lowest BCUT2D eigenvalue weighted by atomic mass is 10.1. The SMILES string of the molecule is CC(N)CCC(=O)NC1CCOCC1. The summed E-state index contributed by atoms with van der Waals surface area (Å²) >= 11 is 0. The Morgan fingerprint density at radius 3 is 2.79 bits per heavy atom. The first-order chi connectivity index (χ1) is 6.68. The lowest BCUT2D eigenvalue weighted by Crippen LogP contribution is -2.39. The monoisotopic (exact) mass is 200 g/mol. The third-order valence-corrected chi connectivity index (χ3v) is 2.41. The summed E-state index contributed by atoms with van der Waals surface area (Å²) in [5, 5.41) is 3.00.